The first-order valence-corrected chi connectivity index (χ1v) is 35.3. The molecule has 5 rings (SSSR count). The van der Waals surface area contributed by atoms with Gasteiger partial charge in [-0.3, -0.25) is 19.6 Å². The third-order valence-corrected chi connectivity index (χ3v) is 24.3. The van der Waals surface area contributed by atoms with Gasteiger partial charge in [-0.2, -0.15) is 0 Å². The minimum atomic E-state index is -1.81. The Morgan fingerprint density at radius 3 is 1.04 bits per heavy atom. The van der Waals surface area contributed by atoms with Crippen molar-refractivity contribution >= 4 is 94.5 Å². The topological polar surface area (TPSA) is 66.4 Å². The summed E-state index contributed by atoms with van der Waals surface area (Å²) in [5.74, 6) is 0.136. The Morgan fingerprint density at radius 2 is 0.750 bits per heavy atom. The van der Waals surface area contributed by atoms with Crippen molar-refractivity contribution in [2.24, 2.45) is 0 Å². The lowest BCUT2D eigenvalue weighted by Crippen LogP contribution is -2.46. The maximum absolute atomic E-state index is 14.6. The van der Waals surface area contributed by atoms with E-state index in [0.717, 1.165) is 43.8 Å². The van der Waals surface area contributed by atoms with Crippen LogP contribution in [0, 0.1) is 0 Å². The van der Waals surface area contributed by atoms with Gasteiger partial charge in [0.2, 0.25) is 0 Å². The largest absolute Gasteiger partial charge is 0.311 e. The summed E-state index contributed by atoms with van der Waals surface area (Å²) in [6.07, 6.45) is 40.3. The van der Waals surface area contributed by atoms with Gasteiger partial charge in [-0.1, -0.05) is 263 Å². The highest BCUT2D eigenvalue weighted by Gasteiger charge is 2.40. The van der Waals surface area contributed by atoms with E-state index in [9.17, 15) is 9.59 Å². The molecule has 0 bridgehead atoms. The lowest BCUT2D eigenvalue weighted by atomic mass is 10.1. The van der Waals surface area contributed by atoms with Crippen molar-refractivity contribution in [3.63, 3.8) is 0 Å². The fraction of sp³-hybridized carbons (Fsp3) is 0.621. The van der Waals surface area contributed by atoms with Crippen LogP contribution in [0.3, 0.4) is 0 Å². The summed E-state index contributed by atoms with van der Waals surface area (Å²) in [4.78, 5) is 43.2. The monoisotopic (exact) mass is 1090 g/mol. The summed E-state index contributed by atoms with van der Waals surface area (Å²) in [7, 11) is -3.61. The maximum atomic E-state index is 14.6. The number of carbonyl (C=O) groups is 2. The third kappa shape index (κ3) is 17.3. The van der Waals surface area contributed by atoms with Crippen molar-refractivity contribution in [2.45, 2.75) is 219 Å². The molecule has 6 nitrogen and oxygen atoms in total. The highest BCUT2D eigenvalue weighted by molar-refractivity contribution is 9.10. The zero-order valence-corrected chi connectivity index (χ0v) is 48.5. The number of benzene rings is 2. The number of rotatable bonds is 34. The quantitative estimate of drug-likeness (QED) is 0.0340. The fourth-order valence-electron chi connectivity index (χ4n) is 10.7. The molecule has 2 aliphatic heterocycles. The second-order valence-corrected chi connectivity index (χ2v) is 33.0. The summed E-state index contributed by atoms with van der Waals surface area (Å²) in [6.45, 7) is 14.3. The van der Waals surface area contributed by atoms with Gasteiger partial charge in [-0.15, -0.1) is 0 Å². The zero-order valence-electron chi connectivity index (χ0n) is 43.3. The zero-order chi connectivity index (χ0) is 48.8. The summed E-state index contributed by atoms with van der Waals surface area (Å²) in [5.41, 5.74) is 6.57. The first-order valence-electron chi connectivity index (χ1n) is 27.4. The van der Waals surface area contributed by atoms with Gasteiger partial charge in [-0.05, 0) is 36.4 Å². The average molecular weight is 1090 g/mol. The minimum Gasteiger partial charge on any atom is -0.311 e. The van der Waals surface area contributed by atoms with Crippen LogP contribution in [0.15, 0.2) is 57.7 Å². The van der Waals surface area contributed by atoms with E-state index in [1.807, 2.05) is 24.3 Å². The molecule has 374 valence electrons. The van der Waals surface area contributed by atoms with Crippen molar-refractivity contribution in [3.05, 3.63) is 80.3 Å². The van der Waals surface area contributed by atoms with Crippen LogP contribution in [0.4, 0.5) is 11.4 Å². The van der Waals surface area contributed by atoms with E-state index in [4.69, 9.17) is 9.97 Å². The predicted octanol–water partition coefficient (Wildman–Crippen LogP) is 18.5. The van der Waals surface area contributed by atoms with E-state index >= 15 is 0 Å². The maximum Gasteiger partial charge on any atom is 0.258 e. The summed E-state index contributed by atoms with van der Waals surface area (Å²) < 4.78 is 1.97. The number of carbonyl (C=O) groups excluding carboxylic acids is 2. The molecular formula is C58H88Br2N4O2Si2. The van der Waals surface area contributed by atoms with E-state index < -0.39 is 16.1 Å². The molecule has 68 heavy (non-hydrogen) atoms. The molecule has 0 atom stereocenters. The molecule has 0 N–H and O–H groups in total. The second kappa shape index (κ2) is 29.6. The Hall–Kier alpha value is -2.67. The molecule has 3 heterocycles. The van der Waals surface area contributed by atoms with Crippen molar-refractivity contribution < 1.29 is 9.59 Å². The number of aromatic nitrogens is 2. The molecule has 2 amide bonds. The predicted molar refractivity (Wildman–Crippen MR) is 307 cm³/mol. The van der Waals surface area contributed by atoms with Crippen molar-refractivity contribution in [3.8, 4) is 0 Å². The molecule has 0 aliphatic carbocycles. The van der Waals surface area contributed by atoms with E-state index in [1.54, 1.807) is 12.4 Å². The average Bonchev–Trinajstić information content (AvgIpc) is 3.71. The number of halogens is 2. The van der Waals surface area contributed by atoms with Crippen LogP contribution < -0.4 is 9.80 Å². The number of nitrogens with zero attached hydrogens (tertiary/aromatic N) is 4. The molecule has 0 saturated heterocycles. The Kier molecular flexibility index (Phi) is 24.5. The van der Waals surface area contributed by atoms with Gasteiger partial charge in [-0.25, -0.2) is 0 Å². The Labute approximate surface area is 432 Å². The second-order valence-electron chi connectivity index (χ2n) is 21.3. The van der Waals surface area contributed by atoms with Gasteiger partial charge in [0.15, 0.2) is 0 Å². The van der Waals surface area contributed by atoms with Gasteiger partial charge in [0.1, 0.15) is 0 Å². The van der Waals surface area contributed by atoms with Gasteiger partial charge < -0.3 is 9.80 Å². The third-order valence-electron chi connectivity index (χ3n) is 14.9. The van der Waals surface area contributed by atoms with Crippen LogP contribution in [0.1, 0.15) is 204 Å². The molecule has 0 spiro atoms. The van der Waals surface area contributed by atoms with E-state index in [-0.39, 0.29) is 11.8 Å². The standard InChI is InChI=1S/C58H88Br2N4O2Si2/c1-7-11-15-19-23-27-35-67(5,36-28-24-20-16-12-8-2)45-63-55-39-47(59)31-33-51(55)53(57(63)65)41-49-43-62-50(44-61-49)42-54-52-34-32-48(60)40-56(52)64(58(54)66)46-68(6,37-29-25-21-17-13-9-3)38-30-26-22-18-14-10-4/h31-34,39-44H,7-30,35-38,45-46H2,1-6H3/b53-41-,54-42-. The Bertz CT molecular complexity index is 1910. The van der Waals surface area contributed by atoms with Crippen molar-refractivity contribution in [2.75, 3.05) is 22.1 Å². The molecule has 0 radical (unpaired) electrons. The van der Waals surface area contributed by atoms with E-state index in [0.29, 0.717) is 22.5 Å². The molecule has 0 fully saturated rings. The number of unbranched alkanes of at least 4 members (excludes halogenated alkanes) is 20. The number of fused-ring (bicyclic) bond motifs is 2. The van der Waals surface area contributed by atoms with E-state index in [1.165, 1.54) is 178 Å². The molecule has 1 aromatic heterocycles. The summed E-state index contributed by atoms with van der Waals surface area (Å²) in [6, 6.07) is 17.6. The summed E-state index contributed by atoms with van der Waals surface area (Å²) in [5, 5.41) is 0. The molecule has 3 aromatic rings. The molecular weight excluding hydrogens is 1000 g/mol. The van der Waals surface area contributed by atoms with Crippen LogP contribution in [0.5, 0.6) is 0 Å². The number of anilines is 2. The number of hydrogen-bond donors (Lipinski definition) is 0. The lowest BCUT2D eigenvalue weighted by molar-refractivity contribution is -0.113. The number of hydrogen-bond acceptors (Lipinski definition) is 4. The first kappa shape index (κ1) is 56.3. The molecule has 2 aromatic carbocycles. The highest BCUT2D eigenvalue weighted by atomic mass is 79.9. The van der Waals surface area contributed by atoms with Gasteiger partial charge in [0.25, 0.3) is 11.8 Å². The lowest BCUT2D eigenvalue weighted by Gasteiger charge is -2.33. The molecule has 10 heteroatoms. The highest BCUT2D eigenvalue weighted by Crippen LogP contribution is 2.43. The normalized spacial score (nSPS) is 15.1. The molecule has 0 saturated carbocycles. The van der Waals surface area contributed by atoms with Gasteiger partial charge in [0, 0.05) is 32.4 Å². The van der Waals surface area contributed by atoms with E-state index in [2.05, 4.69) is 107 Å². The van der Waals surface area contributed by atoms with Gasteiger partial charge in [0.05, 0.1) is 62.5 Å². The SMILES string of the molecule is CCCCCCCC[Si](C)(CCCCCCCC)CN1C(=O)/C(=C\c2cnc(/C=C3\C(=O)N(C[Si](C)(CCCCCCCC)CCCCCCCC)c4cc(Br)ccc43)cn2)c2ccc(Br)cc21. The number of amides is 2. The molecule has 2 aliphatic rings. The minimum absolute atomic E-state index is 0.0682. The van der Waals surface area contributed by atoms with Crippen LogP contribution >= 0.6 is 31.9 Å². The first-order chi connectivity index (χ1) is 32.9. The van der Waals surface area contributed by atoms with Crippen molar-refractivity contribution in [1.29, 1.82) is 0 Å². The summed E-state index contributed by atoms with van der Waals surface area (Å²) >= 11 is 7.48. The van der Waals surface area contributed by atoms with Crippen LogP contribution in [-0.4, -0.2) is 50.3 Å². The fourth-order valence-corrected chi connectivity index (χ4v) is 19.1. The molecule has 0 unspecified atom stereocenters. The van der Waals surface area contributed by atoms with Crippen molar-refractivity contribution in [1.82, 2.24) is 9.97 Å². The van der Waals surface area contributed by atoms with Gasteiger partial charge >= 0.3 is 0 Å². The Morgan fingerprint density at radius 1 is 0.456 bits per heavy atom. The Balaban J connectivity index is 1.35. The van der Waals surface area contributed by atoms with Crippen LogP contribution in [0.25, 0.3) is 23.3 Å². The van der Waals surface area contributed by atoms with Crippen LogP contribution in [0.2, 0.25) is 37.3 Å². The van der Waals surface area contributed by atoms with Crippen LogP contribution in [-0.2, 0) is 9.59 Å². The smallest absolute Gasteiger partial charge is 0.258 e.